The Labute approximate surface area is 133 Å². The smallest absolute Gasteiger partial charge is 0.342 e. The number of rotatable bonds is 3. The van der Waals surface area contributed by atoms with Gasteiger partial charge in [0.05, 0.1) is 9.13 Å². The normalized spacial score (nSPS) is 11.0. The highest BCUT2D eigenvalue weighted by Crippen LogP contribution is 2.35. The summed E-state index contributed by atoms with van der Waals surface area (Å²) in [4.78, 5) is 11.3. The maximum atomic E-state index is 11.7. The summed E-state index contributed by atoms with van der Waals surface area (Å²) in [6, 6.07) is 17.9. The Morgan fingerprint density at radius 3 is 2.18 bits per heavy atom. The summed E-state index contributed by atoms with van der Waals surface area (Å²) in [7, 11) is 0. The molecule has 0 aliphatic heterocycles. The maximum absolute atomic E-state index is 11.7. The molecule has 0 aromatic heterocycles. The highest BCUT2D eigenvalue weighted by atomic mass is 127. The van der Waals surface area contributed by atoms with Crippen LogP contribution in [0.5, 0.6) is 0 Å². The number of carbonyl (C=O) groups is 1. The Hall–Kier alpha value is -2.28. The Kier molecular flexibility index (Phi) is 3.89. The number of benzene rings is 3. The van der Waals surface area contributed by atoms with E-state index in [2.05, 4.69) is 0 Å². The van der Waals surface area contributed by atoms with Gasteiger partial charge in [-0.2, -0.15) is 0 Å². The van der Waals surface area contributed by atoms with Gasteiger partial charge in [0.2, 0.25) is 0 Å². The molecule has 0 saturated carbocycles. The first-order chi connectivity index (χ1) is 10.6. The van der Waals surface area contributed by atoms with Crippen LogP contribution in [0.1, 0.15) is 10.4 Å². The second-order valence-corrected chi connectivity index (χ2v) is 7.04. The first-order valence-corrected chi connectivity index (χ1v) is 9.33. The molecular weight excluding hydrogens is 395 g/mol. The molecule has 3 rings (SSSR count). The van der Waals surface area contributed by atoms with Gasteiger partial charge < -0.3 is 5.11 Å². The van der Waals surface area contributed by atoms with Gasteiger partial charge >= 0.3 is 25.8 Å². The van der Waals surface area contributed by atoms with Crippen molar-refractivity contribution in [3.8, 4) is 11.1 Å². The van der Waals surface area contributed by atoms with Crippen LogP contribution in [-0.4, -0.2) is 11.1 Å². The third-order valence-electron chi connectivity index (χ3n) is 3.47. The average Bonchev–Trinajstić information content (AvgIpc) is 2.53. The number of halogens is 1. The molecule has 0 spiro atoms. The van der Waals surface area contributed by atoms with Gasteiger partial charge in [-0.3, -0.25) is 0 Å². The van der Waals surface area contributed by atoms with Crippen LogP contribution in [0.4, 0.5) is 0 Å². The van der Waals surface area contributed by atoms with Crippen LogP contribution in [0.25, 0.3) is 21.9 Å². The standard InChI is InChI=1S/C17H11IO4/c19-17(20)15-10-9-13-12(11-5-2-1-3-6-11)7-4-8-14(13)16(15)18(21)22/h1-10H,(H,19,20). The number of fused-ring (bicyclic) bond motifs is 1. The van der Waals surface area contributed by atoms with Crippen LogP contribution in [0.3, 0.4) is 0 Å². The molecular formula is C17H11IO4. The van der Waals surface area contributed by atoms with Crippen molar-refractivity contribution in [2.75, 3.05) is 0 Å². The highest BCUT2D eigenvalue weighted by Gasteiger charge is 2.18. The van der Waals surface area contributed by atoms with Crippen molar-refractivity contribution in [1.29, 1.82) is 0 Å². The van der Waals surface area contributed by atoms with Gasteiger partial charge in [0.15, 0.2) is 0 Å². The molecule has 0 atom stereocenters. The first-order valence-electron chi connectivity index (χ1n) is 6.49. The van der Waals surface area contributed by atoms with Gasteiger partial charge in [-0.1, -0.05) is 54.6 Å². The molecule has 0 bridgehead atoms. The molecule has 5 heteroatoms. The molecule has 0 radical (unpaired) electrons. The minimum absolute atomic E-state index is 0.0491. The van der Waals surface area contributed by atoms with E-state index >= 15 is 0 Å². The zero-order chi connectivity index (χ0) is 15.7. The van der Waals surface area contributed by atoms with E-state index in [9.17, 15) is 16.0 Å². The first kappa shape index (κ1) is 14.6. The molecule has 0 fully saturated rings. The van der Waals surface area contributed by atoms with E-state index in [0.717, 1.165) is 16.5 Å². The quantitative estimate of drug-likeness (QED) is 0.647. The van der Waals surface area contributed by atoms with Crippen molar-refractivity contribution in [3.05, 3.63) is 69.8 Å². The summed E-state index contributed by atoms with van der Waals surface area (Å²) in [6.07, 6.45) is 0. The van der Waals surface area contributed by atoms with Crippen molar-refractivity contribution in [2.24, 2.45) is 0 Å². The minimum Gasteiger partial charge on any atom is -0.478 e. The summed E-state index contributed by atoms with van der Waals surface area (Å²) in [5, 5.41) is 10.4. The largest absolute Gasteiger partial charge is 0.478 e. The second kappa shape index (κ2) is 5.84. The van der Waals surface area contributed by atoms with Gasteiger partial charge in [0, 0.05) is 5.39 Å². The van der Waals surface area contributed by atoms with Crippen molar-refractivity contribution in [1.82, 2.24) is 0 Å². The number of hydrogen-bond donors (Lipinski definition) is 1. The van der Waals surface area contributed by atoms with E-state index in [0.29, 0.717) is 5.39 Å². The fourth-order valence-electron chi connectivity index (χ4n) is 2.52. The summed E-state index contributed by atoms with van der Waals surface area (Å²) >= 11 is -3.95. The summed E-state index contributed by atoms with van der Waals surface area (Å²) in [5.41, 5.74) is 1.68. The average molecular weight is 406 g/mol. The molecule has 0 aliphatic carbocycles. The lowest BCUT2D eigenvalue weighted by Gasteiger charge is -2.09. The molecule has 3 aromatic carbocycles. The molecule has 0 aliphatic rings. The van der Waals surface area contributed by atoms with Gasteiger partial charge in [-0.05, 0) is 22.6 Å². The Bertz CT molecular complexity index is 936. The number of aromatic carboxylic acids is 1. The van der Waals surface area contributed by atoms with E-state index in [1.807, 2.05) is 36.4 Å². The number of hydrogen-bond acceptors (Lipinski definition) is 3. The molecule has 0 saturated heterocycles. The second-order valence-electron chi connectivity index (χ2n) is 4.72. The van der Waals surface area contributed by atoms with Gasteiger partial charge in [-0.25, -0.2) is 10.9 Å². The topological polar surface area (TPSA) is 71.4 Å². The van der Waals surface area contributed by atoms with Crippen LogP contribution in [0, 0.1) is 3.57 Å². The lowest BCUT2D eigenvalue weighted by Crippen LogP contribution is -2.01. The SMILES string of the molecule is O=C(O)c1ccc2c(-c3ccccc3)cccc2c1I(=O)=O. The van der Waals surface area contributed by atoms with Gasteiger partial charge in [-0.15, -0.1) is 0 Å². The van der Waals surface area contributed by atoms with E-state index in [4.69, 9.17) is 0 Å². The molecule has 0 heterocycles. The molecule has 0 unspecified atom stereocenters. The fraction of sp³-hybridized carbons (Fsp3) is 0. The van der Waals surface area contributed by atoms with Gasteiger partial charge in [0.25, 0.3) is 0 Å². The summed E-state index contributed by atoms with van der Waals surface area (Å²) in [6.45, 7) is 0. The Balaban J connectivity index is 2.41. The lowest BCUT2D eigenvalue weighted by molar-refractivity contribution is 0.0696. The van der Waals surface area contributed by atoms with Crippen molar-refractivity contribution >= 4 is 36.5 Å². The lowest BCUT2D eigenvalue weighted by atomic mass is 9.97. The molecule has 4 nitrogen and oxygen atoms in total. The number of carboxylic acid groups (broad SMARTS) is 1. The Morgan fingerprint density at radius 2 is 1.55 bits per heavy atom. The monoisotopic (exact) mass is 406 g/mol. The van der Waals surface area contributed by atoms with Crippen molar-refractivity contribution in [3.63, 3.8) is 0 Å². The van der Waals surface area contributed by atoms with Crippen LogP contribution in [0.15, 0.2) is 60.7 Å². The fourth-order valence-corrected chi connectivity index (χ4v) is 4.35. The summed E-state index contributed by atoms with van der Waals surface area (Å²) < 4.78 is 23.3. The maximum Gasteiger partial charge on any atom is 0.342 e. The summed E-state index contributed by atoms with van der Waals surface area (Å²) in [5.74, 6) is -1.23. The molecule has 3 aromatic rings. The minimum atomic E-state index is -3.95. The van der Waals surface area contributed by atoms with Crippen LogP contribution >= 0.6 is 19.8 Å². The zero-order valence-electron chi connectivity index (χ0n) is 11.3. The van der Waals surface area contributed by atoms with Crippen molar-refractivity contribution < 1.29 is 16.0 Å². The predicted molar refractivity (Wildman–Crippen MR) is 90.4 cm³/mol. The molecule has 22 heavy (non-hydrogen) atoms. The number of carboxylic acids is 1. The molecule has 110 valence electrons. The van der Waals surface area contributed by atoms with E-state index in [1.165, 1.54) is 6.07 Å². The third-order valence-corrected chi connectivity index (χ3v) is 5.51. The highest BCUT2D eigenvalue weighted by molar-refractivity contribution is 14.2. The van der Waals surface area contributed by atoms with Crippen LogP contribution in [0.2, 0.25) is 0 Å². The van der Waals surface area contributed by atoms with E-state index in [1.54, 1.807) is 18.2 Å². The van der Waals surface area contributed by atoms with Crippen LogP contribution in [-0.2, 0) is 6.14 Å². The predicted octanol–water partition coefficient (Wildman–Crippen LogP) is 4.57. The van der Waals surface area contributed by atoms with E-state index < -0.39 is 25.8 Å². The van der Waals surface area contributed by atoms with Crippen molar-refractivity contribution in [2.45, 2.75) is 0 Å². The Morgan fingerprint density at radius 1 is 0.818 bits per heavy atom. The van der Waals surface area contributed by atoms with Gasteiger partial charge in [0.1, 0.15) is 0 Å². The third kappa shape index (κ3) is 2.48. The zero-order valence-corrected chi connectivity index (χ0v) is 13.5. The molecule has 0 amide bonds. The molecule has 1 N–H and O–H groups in total. The van der Waals surface area contributed by atoms with E-state index in [-0.39, 0.29) is 9.13 Å². The van der Waals surface area contributed by atoms with Crippen LogP contribution < -0.4 is 0 Å².